The Labute approximate surface area is 172 Å². The van der Waals surface area contributed by atoms with Gasteiger partial charge < -0.3 is 24.5 Å². The predicted molar refractivity (Wildman–Crippen MR) is 101 cm³/mol. The molecule has 1 aromatic carbocycles. The van der Waals surface area contributed by atoms with Gasteiger partial charge in [-0.15, -0.1) is 0 Å². The van der Waals surface area contributed by atoms with Gasteiger partial charge in [0.2, 0.25) is 0 Å². The number of alkyl halides is 3. The maximum Gasteiger partial charge on any atom is 0.430 e. The summed E-state index contributed by atoms with van der Waals surface area (Å²) >= 11 is 0. The lowest BCUT2D eigenvalue weighted by molar-refractivity contribution is -0.885. The van der Waals surface area contributed by atoms with Gasteiger partial charge in [-0.2, -0.15) is 13.2 Å². The van der Waals surface area contributed by atoms with E-state index in [2.05, 4.69) is 24.5 Å². The van der Waals surface area contributed by atoms with E-state index in [0.29, 0.717) is 5.76 Å². The van der Waals surface area contributed by atoms with Crippen molar-refractivity contribution in [2.75, 3.05) is 20.1 Å². The molecule has 6 nitrogen and oxygen atoms in total. The molecule has 30 heavy (non-hydrogen) atoms. The second-order valence-corrected chi connectivity index (χ2v) is 7.26. The number of hydrogen-bond acceptors (Lipinski definition) is 4. The van der Waals surface area contributed by atoms with Crippen LogP contribution >= 0.6 is 0 Å². The van der Waals surface area contributed by atoms with Crippen LogP contribution < -0.4 is 15.3 Å². The minimum atomic E-state index is -5.19. The van der Waals surface area contributed by atoms with Crippen molar-refractivity contribution in [2.24, 2.45) is 0 Å². The Bertz CT molecular complexity index is 821. The standard InChI is InChI=1S/C19H24N2O2.C2HF3O2/c1-21-13-5-8-16(14-21)20-19(22)18-12-11-17(23-18)10-9-15-6-3-2-4-7-15;3-2(4,5)1(6)7/h2-4,6-7,11-12,16H,5,8-10,13-14H2,1H3,(H,20,22);(H,6,7). The molecule has 1 saturated heterocycles. The highest BCUT2D eigenvalue weighted by Crippen LogP contribution is 2.13. The number of likely N-dealkylation sites (N-methyl/N-ethyl adjacent to an activating group) is 1. The summed E-state index contributed by atoms with van der Waals surface area (Å²) in [6.45, 7) is 2.18. The number of carboxylic acids is 1. The Morgan fingerprint density at radius 2 is 1.83 bits per heavy atom. The minimum absolute atomic E-state index is 0.0874. The first-order valence-electron chi connectivity index (χ1n) is 9.68. The summed E-state index contributed by atoms with van der Waals surface area (Å²) < 4.78 is 37.3. The van der Waals surface area contributed by atoms with Crippen molar-refractivity contribution in [2.45, 2.75) is 37.9 Å². The lowest BCUT2D eigenvalue weighted by atomic mass is 10.1. The molecule has 0 bridgehead atoms. The second-order valence-electron chi connectivity index (χ2n) is 7.26. The number of piperidine rings is 1. The van der Waals surface area contributed by atoms with Gasteiger partial charge in [0, 0.05) is 6.42 Å². The normalized spacial score (nSPS) is 18.8. The number of hydrogen-bond donors (Lipinski definition) is 2. The van der Waals surface area contributed by atoms with Crippen LogP contribution in [0.2, 0.25) is 0 Å². The van der Waals surface area contributed by atoms with Crippen molar-refractivity contribution >= 4 is 11.9 Å². The summed E-state index contributed by atoms with van der Waals surface area (Å²) in [7, 11) is 2.17. The Kier molecular flexibility index (Phi) is 8.46. The molecule has 0 aliphatic carbocycles. The fourth-order valence-corrected chi connectivity index (χ4v) is 3.20. The van der Waals surface area contributed by atoms with Gasteiger partial charge >= 0.3 is 6.18 Å². The van der Waals surface area contributed by atoms with Crippen LogP contribution in [0.15, 0.2) is 46.9 Å². The van der Waals surface area contributed by atoms with E-state index in [0.717, 1.165) is 38.0 Å². The highest BCUT2D eigenvalue weighted by Gasteiger charge is 2.28. The first kappa shape index (κ1) is 23.5. The van der Waals surface area contributed by atoms with Gasteiger partial charge in [0.1, 0.15) is 11.7 Å². The number of amides is 1. The molecule has 164 valence electrons. The van der Waals surface area contributed by atoms with Crippen LogP contribution in [0.3, 0.4) is 0 Å². The Balaban J connectivity index is 0.000000396. The van der Waals surface area contributed by atoms with Crippen LogP contribution in [0, 0.1) is 0 Å². The van der Waals surface area contributed by atoms with Crippen molar-refractivity contribution in [3.05, 3.63) is 59.5 Å². The van der Waals surface area contributed by atoms with Gasteiger partial charge in [-0.3, -0.25) is 4.79 Å². The fraction of sp³-hybridized carbons (Fsp3) is 0.429. The molecule has 1 aliphatic rings. The van der Waals surface area contributed by atoms with Crippen molar-refractivity contribution in [1.82, 2.24) is 5.32 Å². The smallest absolute Gasteiger partial charge is 0.430 e. The summed E-state index contributed by atoms with van der Waals surface area (Å²) in [5.41, 5.74) is 1.28. The summed E-state index contributed by atoms with van der Waals surface area (Å²) in [6.07, 6.45) is -1.23. The third-order valence-electron chi connectivity index (χ3n) is 4.71. The van der Waals surface area contributed by atoms with Crippen molar-refractivity contribution in [3.63, 3.8) is 0 Å². The van der Waals surface area contributed by atoms with Gasteiger partial charge in [-0.05, 0) is 37.0 Å². The molecule has 2 atom stereocenters. The fourth-order valence-electron chi connectivity index (χ4n) is 3.20. The topological polar surface area (TPSA) is 86.8 Å². The van der Waals surface area contributed by atoms with Crippen LogP contribution in [0.4, 0.5) is 13.2 Å². The number of quaternary nitrogens is 1. The van der Waals surface area contributed by atoms with Crippen molar-refractivity contribution in [1.29, 1.82) is 0 Å². The number of likely N-dealkylation sites (tertiary alicyclic amines) is 1. The number of carboxylic acid groups (broad SMARTS) is 1. The number of furan rings is 1. The van der Waals surface area contributed by atoms with Crippen molar-refractivity contribution < 1.29 is 37.2 Å². The molecule has 1 aliphatic heterocycles. The summed E-state index contributed by atoms with van der Waals surface area (Å²) in [4.78, 5) is 22.6. The lowest BCUT2D eigenvalue weighted by Gasteiger charge is -2.27. The molecule has 0 saturated carbocycles. The van der Waals surface area contributed by atoms with Crippen LogP contribution in [0.5, 0.6) is 0 Å². The molecular formula is C21H25F3N2O4. The molecule has 3 rings (SSSR count). The zero-order valence-electron chi connectivity index (χ0n) is 16.6. The number of nitrogens with one attached hydrogen (secondary N) is 2. The number of halogens is 3. The highest BCUT2D eigenvalue weighted by atomic mass is 19.4. The lowest BCUT2D eigenvalue weighted by Crippen LogP contribution is -3.11. The molecule has 1 amide bonds. The van der Waals surface area contributed by atoms with Crippen LogP contribution in [0.25, 0.3) is 0 Å². The van der Waals surface area contributed by atoms with E-state index >= 15 is 0 Å². The average molecular weight is 426 g/mol. The number of rotatable bonds is 5. The number of carbonyl (C=O) groups is 2. The van der Waals surface area contributed by atoms with Crippen LogP contribution in [0.1, 0.15) is 34.7 Å². The van der Waals surface area contributed by atoms with E-state index in [1.807, 2.05) is 24.3 Å². The third kappa shape index (κ3) is 7.90. The summed E-state index contributed by atoms with van der Waals surface area (Å²) in [5, 5.41) is 11.9. The maximum absolute atomic E-state index is 12.3. The van der Waals surface area contributed by atoms with Gasteiger partial charge in [0.25, 0.3) is 5.91 Å². The Morgan fingerprint density at radius 3 is 2.43 bits per heavy atom. The maximum atomic E-state index is 12.3. The minimum Gasteiger partial charge on any atom is -0.542 e. The SMILES string of the molecule is C[NH+]1CCCC(NC(=O)c2ccc(CCc3ccccc3)o2)C1.O=C([O-])C(F)(F)F. The van der Waals surface area contributed by atoms with Gasteiger partial charge in [-0.25, -0.2) is 0 Å². The quantitative estimate of drug-likeness (QED) is 0.740. The van der Waals surface area contributed by atoms with Crippen LogP contribution in [-0.2, 0) is 17.6 Å². The molecular weight excluding hydrogens is 401 g/mol. The van der Waals surface area contributed by atoms with E-state index in [1.165, 1.54) is 17.0 Å². The molecule has 9 heteroatoms. The Morgan fingerprint density at radius 1 is 1.17 bits per heavy atom. The van der Waals surface area contributed by atoms with Gasteiger partial charge in [0.05, 0.1) is 26.2 Å². The summed E-state index contributed by atoms with van der Waals surface area (Å²) in [6, 6.07) is 14.3. The van der Waals surface area contributed by atoms with E-state index in [1.54, 1.807) is 6.07 Å². The molecule has 1 aromatic heterocycles. The zero-order chi connectivity index (χ0) is 22.1. The number of carbonyl (C=O) groups excluding carboxylic acids is 2. The van der Waals surface area contributed by atoms with Gasteiger partial charge in [0.15, 0.2) is 5.76 Å². The van der Waals surface area contributed by atoms with Crippen molar-refractivity contribution in [3.8, 4) is 0 Å². The van der Waals surface area contributed by atoms with Crippen LogP contribution in [-0.4, -0.2) is 44.2 Å². The van der Waals surface area contributed by atoms with E-state index < -0.39 is 12.1 Å². The molecule has 2 aromatic rings. The van der Waals surface area contributed by atoms with E-state index in [4.69, 9.17) is 14.3 Å². The second kappa shape index (κ2) is 10.8. The average Bonchev–Trinajstić information content (AvgIpc) is 3.16. The number of aryl methyl sites for hydroxylation is 2. The third-order valence-corrected chi connectivity index (χ3v) is 4.71. The Hall–Kier alpha value is -2.81. The first-order valence-corrected chi connectivity index (χ1v) is 9.68. The first-order chi connectivity index (χ1) is 14.1. The monoisotopic (exact) mass is 426 g/mol. The molecule has 1 fully saturated rings. The molecule has 2 heterocycles. The highest BCUT2D eigenvalue weighted by molar-refractivity contribution is 5.91. The molecule has 0 spiro atoms. The number of benzene rings is 1. The number of aliphatic carboxylic acids is 1. The predicted octanol–water partition coefficient (Wildman–Crippen LogP) is 0.770. The van der Waals surface area contributed by atoms with E-state index in [9.17, 15) is 18.0 Å². The zero-order valence-corrected chi connectivity index (χ0v) is 16.6. The summed E-state index contributed by atoms with van der Waals surface area (Å²) in [5.74, 6) is -1.80. The van der Waals surface area contributed by atoms with Gasteiger partial charge in [-0.1, -0.05) is 30.3 Å². The molecule has 2 unspecified atom stereocenters. The molecule has 2 N–H and O–H groups in total. The molecule has 0 radical (unpaired) electrons. The van der Waals surface area contributed by atoms with E-state index in [-0.39, 0.29) is 11.9 Å². The largest absolute Gasteiger partial charge is 0.542 e.